The summed E-state index contributed by atoms with van der Waals surface area (Å²) < 4.78 is 20.3. The fourth-order valence-corrected chi connectivity index (χ4v) is 4.31. The Hall–Kier alpha value is -2.90. The van der Waals surface area contributed by atoms with Gasteiger partial charge in [-0.05, 0) is 42.0 Å². The Bertz CT molecular complexity index is 1070. The zero-order valence-corrected chi connectivity index (χ0v) is 16.5. The van der Waals surface area contributed by atoms with Crippen LogP contribution in [0.1, 0.15) is 15.9 Å². The summed E-state index contributed by atoms with van der Waals surface area (Å²) in [6.07, 6.45) is 0. The number of hydrogen-bond donors (Lipinski definition) is 1. The zero-order valence-electron chi connectivity index (χ0n) is 14.9. The quantitative estimate of drug-likeness (QED) is 0.703. The lowest BCUT2D eigenvalue weighted by Gasteiger charge is -2.17. The first-order valence-corrected chi connectivity index (χ1v) is 9.98. The molecule has 2 aromatic carbocycles. The number of carbonyl (C=O) groups is 1. The first-order valence-electron chi connectivity index (χ1n) is 8.50. The van der Waals surface area contributed by atoms with Crippen molar-refractivity contribution in [1.29, 1.82) is 0 Å². The molecular formula is C20H16ClN3O3S. The van der Waals surface area contributed by atoms with E-state index in [9.17, 15) is 9.00 Å². The largest absolute Gasteiger partial charge is 0.439 e. The van der Waals surface area contributed by atoms with Gasteiger partial charge in [0, 0.05) is 23.7 Å². The molecule has 1 amide bonds. The molecule has 1 aliphatic heterocycles. The highest BCUT2D eigenvalue weighted by Crippen LogP contribution is 2.33. The second kappa shape index (κ2) is 7.61. The molecule has 3 aromatic rings. The van der Waals surface area contributed by atoms with Crippen molar-refractivity contribution < 1.29 is 13.7 Å². The summed E-state index contributed by atoms with van der Waals surface area (Å²) in [4.78, 5) is 17.4. The maximum absolute atomic E-state index is 12.9. The van der Waals surface area contributed by atoms with E-state index >= 15 is 0 Å². The molecule has 28 heavy (non-hydrogen) atoms. The molecule has 1 atom stereocenters. The topological polar surface area (TPSA) is 71.5 Å². The minimum absolute atomic E-state index is 0.228. The molecule has 1 N–H and O–H groups in total. The van der Waals surface area contributed by atoms with Gasteiger partial charge in [0.25, 0.3) is 5.91 Å². The number of pyridine rings is 1. The van der Waals surface area contributed by atoms with Crippen LogP contribution in [0.4, 0.5) is 5.82 Å². The smallest absolute Gasteiger partial charge is 0.251 e. The summed E-state index contributed by atoms with van der Waals surface area (Å²) in [5.41, 5.74) is 1.33. The van der Waals surface area contributed by atoms with Crippen LogP contribution in [-0.2, 0) is 17.5 Å². The molecule has 0 saturated carbocycles. The van der Waals surface area contributed by atoms with E-state index in [2.05, 4.69) is 10.3 Å². The summed E-state index contributed by atoms with van der Waals surface area (Å²) in [6, 6.07) is 17.5. The monoisotopic (exact) mass is 413 g/mol. The van der Waals surface area contributed by atoms with Crippen molar-refractivity contribution >= 4 is 34.3 Å². The summed E-state index contributed by atoms with van der Waals surface area (Å²) in [6.45, 7) is 0.438. The molecule has 0 bridgehead atoms. The van der Waals surface area contributed by atoms with Crippen LogP contribution in [0.2, 0.25) is 5.02 Å². The van der Waals surface area contributed by atoms with E-state index in [1.165, 1.54) is 0 Å². The first kappa shape index (κ1) is 18.5. The fraction of sp³-hybridized carbons (Fsp3) is 0.100. The van der Waals surface area contributed by atoms with E-state index in [1.807, 2.05) is 24.3 Å². The fourth-order valence-electron chi connectivity index (χ4n) is 2.87. The third-order valence-corrected chi connectivity index (χ3v) is 5.99. The molecule has 1 unspecified atom stereocenters. The SMILES string of the molecule is CNC(=O)c1cc(Oc2ccc(Cl)cc2)nc(N2Cc3ccccc3S2=O)c1. The Kier molecular flexibility index (Phi) is 5.02. The Labute approximate surface area is 169 Å². The van der Waals surface area contributed by atoms with Crippen molar-refractivity contribution in [1.82, 2.24) is 10.3 Å². The molecule has 0 fully saturated rings. The lowest BCUT2D eigenvalue weighted by Crippen LogP contribution is -2.22. The number of carbonyl (C=O) groups excluding carboxylic acids is 1. The number of amides is 1. The number of nitrogens with zero attached hydrogens (tertiary/aromatic N) is 2. The summed E-state index contributed by atoms with van der Waals surface area (Å²) in [5, 5.41) is 3.18. The lowest BCUT2D eigenvalue weighted by atomic mass is 10.2. The highest BCUT2D eigenvalue weighted by atomic mass is 35.5. The Morgan fingerprint density at radius 2 is 1.93 bits per heavy atom. The molecule has 2 heterocycles. The second-order valence-electron chi connectivity index (χ2n) is 6.08. The minimum atomic E-state index is -1.40. The van der Waals surface area contributed by atoms with Gasteiger partial charge in [0.15, 0.2) is 11.0 Å². The van der Waals surface area contributed by atoms with Crippen molar-refractivity contribution in [3.8, 4) is 11.6 Å². The lowest BCUT2D eigenvalue weighted by molar-refractivity contribution is 0.0962. The predicted octanol–water partition coefficient (Wildman–Crippen LogP) is 3.93. The average Bonchev–Trinajstić information content (AvgIpc) is 3.06. The van der Waals surface area contributed by atoms with Crippen LogP contribution in [0.15, 0.2) is 65.6 Å². The van der Waals surface area contributed by atoms with Gasteiger partial charge in [-0.3, -0.25) is 9.10 Å². The number of benzene rings is 2. The van der Waals surface area contributed by atoms with Crippen molar-refractivity contribution in [2.24, 2.45) is 0 Å². The van der Waals surface area contributed by atoms with Crippen LogP contribution in [0.25, 0.3) is 0 Å². The van der Waals surface area contributed by atoms with Gasteiger partial charge >= 0.3 is 0 Å². The standard InChI is InChI=1S/C20H16ClN3O3S/c1-22-20(25)14-10-18(24-12-13-4-2-3-5-17(13)28(24)26)23-19(11-14)27-16-8-6-15(21)7-9-16/h2-11H,12H2,1H3,(H,22,25). The number of anilines is 1. The molecule has 8 heteroatoms. The van der Waals surface area contributed by atoms with Gasteiger partial charge in [-0.15, -0.1) is 0 Å². The maximum atomic E-state index is 12.9. The predicted molar refractivity (Wildman–Crippen MR) is 108 cm³/mol. The van der Waals surface area contributed by atoms with Crippen LogP contribution in [0, 0.1) is 0 Å². The molecule has 0 radical (unpaired) electrons. The van der Waals surface area contributed by atoms with E-state index in [0.29, 0.717) is 28.7 Å². The van der Waals surface area contributed by atoms with Gasteiger partial charge in [0.1, 0.15) is 11.6 Å². The van der Waals surface area contributed by atoms with Gasteiger partial charge in [-0.2, -0.15) is 4.98 Å². The number of fused-ring (bicyclic) bond motifs is 1. The van der Waals surface area contributed by atoms with Crippen molar-refractivity contribution in [3.05, 3.63) is 76.8 Å². The number of nitrogens with one attached hydrogen (secondary N) is 1. The molecule has 0 saturated heterocycles. The summed E-state index contributed by atoms with van der Waals surface area (Å²) >= 11 is 5.91. The molecule has 0 spiro atoms. The summed E-state index contributed by atoms with van der Waals surface area (Å²) in [5.74, 6) is 0.876. The van der Waals surface area contributed by atoms with Crippen molar-refractivity contribution in [2.75, 3.05) is 11.4 Å². The molecule has 4 rings (SSSR count). The van der Waals surface area contributed by atoms with Gasteiger partial charge < -0.3 is 10.1 Å². The molecular weight excluding hydrogens is 398 g/mol. The summed E-state index contributed by atoms with van der Waals surface area (Å²) in [7, 11) is 0.146. The van der Waals surface area contributed by atoms with E-state index in [-0.39, 0.29) is 11.8 Å². The van der Waals surface area contributed by atoms with Crippen LogP contribution < -0.4 is 14.4 Å². The maximum Gasteiger partial charge on any atom is 0.251 e. The number of aromatic nitrogens is 1. The third-order valence-electron chi connectivity index (χ3n) is 4.24. The molecule has 1 aromatic heterocycles. The van der Waals surface area contributed by atoms with Crippen molar-refractivity contribution in [3.63, 3.8) is 0 Å². The highest BCUT2D eigenvalue weighted by Gasteiger charge is 2.29. The van der Waals surface area contributed by atoms with E-state index in [1.54, 1.807) is 47.8 Å². The minimum Gasteiger partial charge on any atom is -0.439 e. The van der Waals surface area contributed by atoms with Crippen molar-refractivity contribution in [2.45, 2.75) is 11.4 Å². The van der Waals surface area contributed by atoms with Crippen LogP contribution in [0.5, 0.6) is 11.6 Å². The molecule has 6 nitrogen and oxygen atoms in total. The Balaban J connectivity index is 1.72. The second-order valence-corrected chi connectivity index (χ2v) is 7.90. The Morgan fingerprint density at radius 3 is 2.64 bits per heavy atom. The highest BCUT2D eigenvalue weighted by molar-refractivity contribution is 7.86. The third kappa shape index (κ3) is 3.58. The first-order chi connectivity index (χ1) is 13.5. The van der Waals surface area contributed by atoms with E-state index in [0.717, 1.165) is 10.5 Å². The van der Waals surface area contributed by atoms with Gasteiger partial charge in [0.05, 0.1) is 11.4 Å². The van der Waals surface area contributed by atoms with Crippen LogP contribution in [-0.4, -0.2) is 22.1 Å². The number of rotatable bonds is 4. The Morgan fingerprint density at radius 1 is 1.18 bits per heavy atom. The van der Waals surface area contributed by atoms with E-state index in [4.69, 9.17) is 16.3 Å². The average molecular weight is 414 g/mol. The van der Waals surface area contributed by atoms with Gasteiger partial charge in [0.2, 0.25) is 5.88 Å². The van der Waals surface area contributed by atoms with Gasteiger partial charge in [-0.25, -0.2) is 4.21 Å². The normalized spacial score (nSPS) is 15.2. The number of ether oxygens (including phenoxy) is 1. The van der Waals surface area contributed by atoms with E-state index < -0.39 is 11.0 Å². The number of hydrogen-bond acceptors (Lipinski definition) is 4. The molecule has 1 aliphatic rings. The molecule has 142 valence electrons. The zero-order chi connectivity index (χ0) is 19.7. The molecule has 0 aliphatic carbocycles. The van der Waals surface area contributed by atoms with Gasteiger partial charge in [-0.1, -0.05) is 29.8 Å². The van der Waals surface area contributed by atoms with Crippen LogP contribution >= 0.6 is 11.6 Å². The number of halogens is 1. The van der Waals surface area contributed by atoms with Crippen LogP contribution in [0.3, 0.4) is 0 Å².